The summed E-state index contributed by atoms with van der Waals surface area (Å²) in [6, 6.07) is 3.22. The van der Waals surface area contributed by atoms with Crippen LogP contribution in [0.3, 0.4) is 0 Å². The molecule has 0 aliphatic carbocycles. The van der Waals surface area contributed by atoms with Crippen molar-refractivity contribution >= 4 is 20.7 Å². The van der Waals surface area contributed by atoms with Crippen molar-refractivity contribution in [3.8, 4) is 6.07 Å². The quantitative estimate of drug-likeness (QED) is 0.583. The normalized spacial score (nSPS) is 19.5. The maximum absolute atomic E-state index is 9.36. The van der Waals surface area contributed by atoms with Crippen LogP contribution in [0.5, 0.6) is 0 Å². The Labute approximate surface area is 146 Å². The fourth-order valence-electron chi connectivity index (χ4n) is 2.27. The number of hydrogen-bond acceptors (Lipinski definition) is 5. The average molecular weight is 349 g/mol. The second-order valence-electron chi connectivity index (χ2n) is 8.52. The lowest BCUT2D eigenvalue weighted by atomic mass is 9.79. The second-order valence-corrected chi connectivity index (χ2v) is 14.1. The molecule has 6 nitrogen and oxygen atoms in total. The zero-order valence-corrected chi connectivity index (χ0v) is 16.8. The van der Waals surface area contributed by atoms with Gasteiger partial charge in [0.05, 0.1) is 11.2 Å². The molecule has 0 spiro atoms. The molecule has 2 heterocycles. The molecule has 0 aromatic carbocycles. The number of nitrogens with zero attached hydrogens (tertiary/aromatic N) is 3. The summed E-state index contributed by atoms with van der Waals surface area (Å²) < 4.78 is 19.4. The Morgan fingerprint density at radius 1 is 1.25 bits per heavy atom. The standard InChI is InChI=1S/C16H28BN3O3Si/c1-15(2)16(3,4)23-17(22-15)13-11-20(19-14(13)10-18)12-21-8-9-24(5,6)7/h11H,8-9,12H2,1-7H3. The molecule has 132 valence electrons. The van der Waals surface area contributed by atoms with Crippen LogP contribution in [-0.2, 0) is 20.8 Å². The lowest BCUT2D eigenvalue weighted by Gasteiger charge is -2.32. The number of rotatable bonds is 6. The summed E-state index contributed by atoms with van der Waals surface area (Å²) in [7, 11) is -1.69. The monoisotopic (exact) mass is 349 g/mol. The van der Waals surface area contributed by atoms with E-state index < -0.39 is 26.4 Å². The lowest BCUT2D eigenvalue weighted by Crippen LogP contribution is -2.41. The molecule has 1 aromatic rings. The summed E-state index contributed by atoms with van der Waals surface area (Å²) in [5.41, 5.74) is 0.0907. The van der Waals surface area contributed by atoms with Crippen molar-refractivity contribution < 1.29 is 14.0 Å². The molecule has 0 amide bonds. The summed E-state index contributed by atoms with van der Waals surface area (Å²) in [6.45, 7) is 15.9. The van der Waals surface area contributed by atoms with E-state index in [-0.39, 0.29) is 0 Å². The molecule has 0 atom stereocenters. The Bertz CT molecular complexity index is 615. The van der Waals surface area contributed by atoms with E-state index in [1.54, 1.807) is 10.9 Å². The van der Waals surface area contributed by atoms with Gasteiger partial charge in [-0.1, -0.05) is 19.6 Å². The molecule has 0 saturated carbocycles. The number of ether oxygens (including phenoxy) is 1. The van der Waals surface area contributed by atoms with E-state index in [0.717, 1.165) is 6.04 Å². The van der Waals surface area contributed by atoms with Crippen LogP contribution >= 0.6 is 0 Å². The minimum atomic E-state index is -1.11. The molecule has 0 unspecified atom stereocenters. The highest BCUT2D eigenvalue weighted by Crippen LogP contribution is 2.36. The number of nitriles is 1. The predicted molar refractivity (Wildman–Crippen MR) is 96.8 cm³/mol. The van der Waals surface area contributed by atoms with Crippen LogP contribution in [0.2, 0.25) is 25.7 Å². The summed E-state index contributed by atoms with van der Waals surface area (Å²) >= 11 is 0. The molecule has 1 fully saturated rings. The molecular formula is C16H28BN3O3Si. The van der Waals surface area contributed by atoms with Gasteiger partial charge in [-0.05, 0) is 33.7 Å². The highest BCUT2D eigenvalue weighted by Gasteiger charge is 2.52. The molecule has 24 heavy (non-hydrogen) atoms. The van der Waals surface area contributed by atoms with Gasteiger partial charge in [-0.2, -0.15) is 10.4 Å². The molecule has 1 aliphatic heterocycles. The first kappa shape index (κ1) is 19.2. The Morgan fingerprint density at radius 2 is 1.83 bits per heavy atom. The van der Waals surface area contributed by atoms with Crippen molar-refractivity contribution in [2.75, 3.05) is 6.61 Å². The van der Waals surface area contributed by atoms with Gasteiger partial charge in [-0.25, -0.2) is 4.68 Å². The van der Waals surface area contributed by atoms with Gasteiger partial charge in [-0.15, -0.1) is 0 Å². The zero-order valence-electron chi connectivity index (χ0n) is 15.8. The van der Waals surface area contributed by atoms with Crippen LogP contribution in [0.15, 0.2) is 6.20 Å². The van der Waals surface area contributed by atoms with Crippen LogP contribution in [-0.4, -0.2) is 42.8 Å². The topological polar surface area (TPSA) is 69.3 Å². The number of hydrogen-bond donors (Lipinski definition) is 0. The highest BCUT2D eigenvalue weighted by molar-refractivity contribution is 6.76. The van der Waals surface area contributed by atoms with Gasteiger partial charge in [0.2, 0.25) is 0 Å². The third-order valence-corrected chi connectivity index (χ3v) is 6.33. The smallest absolute Gasteiger partial charge is 0.399 e. The first-order valence-corrected chi connectivity index (χ1v) is 12.1. The molecule has 0 radical (unpaired) electrons. The molecule has 1 aromatic heterocycles. The molecule has 0 bridgehead atoms. The average Bonchev–Trinajstić information content (AvgIpc) is 2.92. The predicted octanol–water partition coefficient (Wildman–Crippen LogP) is 2.37. The van der Waals surface area contributed by atoms with Gasteiger partial charge >= 0.3 is 7.12 Å². The van der Waals surface area contributed by atoms with Crippen molar-refractivity contribution in [2.45, 2.75) is 71.3 Å². The minimum absolute atomic E-state index is 0.322. The molecule has 1 aliphatic rings. The van der Waals surface area contributed by atoms with E-state index in [0.29, 0.717) is 24.5 Å². The van der Waals surface area contributed by atoms with E-state index in [9.17, 15) is 5.26 Å². The molecular weight excluding hydrogens is 321 g/mol. The Kier molecular flexibility index (Phi) is 5.31. The summed E-state index contributed by atoms with van der Waals surface area (Å²) in [4.78, 5) is 0. The summed E-state index contributed by atoms with van der Waals surface area (Å²) in [6.07, 6.45) is 1.79. The van der Waals surface area contributed by atoms with Crippen molar-refractivity contribution in [3.05, 3.63) is 11.9 Å². The van der Waals surface area contributed by atoms with Crippen molar-refractivity contribution in [3.63, 3.8) is 0 Å². The second kappa shape index (κ2) is 6.64. The molecule has 0 N–H and O–H groups in total. The molecule has 2 rings (SSSR count). The maximum atomic E-state index is 9.36. The van der Waals surface area contributed by atoms with Crippen LogP contribution in [0.4, 0.5) is 0 Å². The van der Waals surface area contributed by atoms with Gasteiger partial charge in [0, 0.05) is 26.3 Å². The third kappa shape index (κ3) is 4.28. The summed E-state index contributed by atoms with van der Waals surface area (Å²) in [5, 5.41) is 13.6. The highest BCUT2D eigenvalue weighted by atomic mass is 28.3. The number of aromatic nitrogens is 2. The fourth-order valence-corrected chi connectivity index (χ4v) is 3.03. The van der Waals surface area contributed by atoms with E-state index >= 15 is 0 Å². The Balaban J connectivity index is 2.05. The maximum Gasteiger partial charge on any atom is 0.499 e. The van der Waals surface area contributed by atoms with Crippen LogP contribution in [0.25, 0.3) is 0 Å². The van der Waals surface area contributed by atoms with Gasteiger partial charge in [0.25, 0.3) is 0 Å². The van der Waals surface area contributed by atoms with Gasteiger partial charge < -0.3 is 14.0 Å². The minimum Gasteiger partial charge on any atom is -0.399 e. The lowest BCUT2D eigenvalue weighted by molar-refractivity contribution is 0.00578. The van der Waals surface area contributed by atoms with E-state index in [1.165, 1.54) is 0 Å². The molecule has 8 heteroatoms. The Hall–Kier alpha value is -1.14. The molecule has 1 saturated heterocycles. The van der Waals surface area contributed by atoms with Gasteiger partial charge in [0.1, 0.15) is 12.8 Å². The van der Waals surface area contributed by atoms with E-state index in [4.69, 9.17) is 14.0 Å². The van der Waals surface area contributed by atoms with Crippen molar-refractivity contribution in [2.24, 2.45) is 0 Å². The first-order valence-electron chi connectivity index (χ1n) is 8.36. The van der Waals surface area contributed by atoms with E-state index in [1.807, 2.05) is 27.7 Å². The van der Waals surface area contributed by atoms with Gasteiger partial charge in [0.15, 0.2) is 5.69 Å². The van der Waals surface area contributed by atoms with Crippen LogP contribution < -0.4 is 5.46 Å². The third-order valence-electron chi connectivity index (χ3n) is 4.62. The largest absolute Gasteiger partial charge is 0.499 e. The van der Waals surface area contributed by atoms with Crippen LogP contribution in [0, 0.1) is 11.3 Å². The zero-order chi connectivity index (χ0) is 18.2. The van der Waals surface area contributed by atoms with Crippen molar-refractivity contribution in [1.82, 2.24) is 9.78 Å². The van der Waals surface area contributed by atoms with Gasteiger partial charge in [-0.3, -0.25) is 0 Å². The SMILES string of the molecule is CC1(C)OB(c2cn(COCC[Si](C)(C)C)nc2C#N)OC1(C)C. The van der Waals surface area contributed by atoms with Crippen molar-refractivity contribution in [1.29, 1.82) is 5.26 Å². The van der Waals surface area contributed by atoms with Crippen LogP contribution in [0.1, 0.15) is 33.4 Å². The Morgan fingerprint density at radius 3 is 2.33 bits per heavy atom. The first-order chi connectivity index (χ1) is 11.0. The van der Waals surface area contributed by atoms with E-state index in [2.05, 4.69) is 30.8 Å². The fraction of sp³-hybridized carbons (Fsp3) is 0.750. The summed E-state index contributed by atoms with van der Waals surface area (Å²) in [5.74, 6) is 0.